The number of nitrogens with zero attached hydrogens (tertiary/aromatic N) is 4. The van der Waals surface area contributed by atoms with E-state index in [0.29, 0.717) is 0 Å². The van der Waals surface area contributed by atoms with E-state index < -0.39 is 28.0 Å². The summed E-state index contributed by atoms with van der Waals surface area (Å²) < 4.78 is 47.6. The number of amides is 1. The summed E-state index contributed by atoms with van der Waals surface area (Å²) in [7, 11) is -3.02. The van der Waals surface area contributed by atoms with Gasteiger partial charge in [-0.1, -0.05) is 6.07 Å². The van der Waals surface area contributed by atoms with Crippen molar-refractivity contribution < 1.29 is 17.8 Å². The molecule has 11 heteroatoms. The fourth-order valence-corrected chi connectivity index (χ4v) is 4.38. The number of nitrogens with one attached hydrogen (secondary N) is 2. The molecule has 1 aliphatic heterocycles. The largest absolute Gasteiger partial charge is 0.356 e. The molecule has 0 saturated carbocycles. The number of hydrogen-bond donors (Lipinski definition) is 2. The molecular formula is C22H22F2N6O2S. The third-order valence-corrected chi connectivity index (χ3v) is 6.59. The van der Waals surface area contributed by atoms with Gasteiger partial charge in [0.25, 0.3) is 5.91 Å². The molecule has 1 saturated heterocycles. The van der Waals surface area contributed by atoms with E-state index in [9.17, 15) is 28.3 Å². The Balaban J connectivity index is 2.09. The number of hydrogen-bond acceptors (Lipinski definition) is 7. The van der Waals surface area contributed by atoms with Gasteiger partial charge in [-0.15, -0.1) is 0 Å². The molecule has 1 aliphatic rings. The molecule has 2 aromatic rings. The first-order valence-corrected chi connectivity index (χ1v) is 12.1. The maximum Gasteiger partial charge on any atom is 0.259 e. The number of carbonyl (C=O) groups is 1. The van der Waals surface area contributed by atoms with Crippen LogP contribution in [0.25, 0.3) is 0 Å². The van der Waals surface area contributed by atoms with Crippen LogP contribution in [0.3, 0.4) is 0 Å². The Morgan fingerprint density at radius 1 is 1.27 bits per heavy atom. The maximum atomic E-state index is 13.9. The van der Waals surface area contributed by atoms with Crippen LogP contribution in [0, 0.1) is 34.4 Å². The number of pyridine rings is 1. The number of benzene rings is 1. The molecule has 3 rings (SSSR count). The molecule has 1 amide bonds. The monoisotopic (exact) mass is 472 g/mol. The summed E-state index contributed by atoms with van der Waals surface area (Å²) in [4.78, 5) is 19.3. The molecule has 8 nitrogen and oxygen atoms in total. The van der Waals surface area contributed by atoms with Crippen LogP contribution in [0.5, 0.6) is 0 Å². The highest BCUT2D eigenvalue weighted by atomic mass is 32.2. The second kappa shape index (κ2) is 9.12. The van der Waals surface area contributed by atoms with Crippen LogP contribution < -0.4 is 10.2 Å². The maximum absolute atomic E-state index is 13.9. The van der Waals surface area contributed by atoms with E-state index in [2.05, 4.69) is 10.3 Å². The van der Waals surface area contributed by atoms with Crippen molar-refractivity contribution in [2.75, 3.05) is 29.6 Å². The lowest BCUT2D eigenvalue weighted by molar-refractivity contribution is -0.0102. The number of anilines is 2. The Bertz CT molecular complexity index is 1300. The minimum absolute atomic E-state index is 0.00396. The SMILES string of the molecule is Cc1c(C#N)c(C#N)nc(N2CCCC(F)(F)CC2)c1C(=O)Nc1cccc([S@](C)(=N)=O)c1. The summed E-state index contributed by atoms with van der Waals surface area (Å²) in [6.45, 7) is 1.65. The van der Waals surface area contributed by atoms with E-state index >= 15 is 0 Å². The van der Waals surface area contributed by atoms with Crippen molar-refractivity contribution in [3.8, 4) is 12.1 Å². The summed E-state index contributed by atoms with van der Waals surface area (Å²) in [5, 5.41) is 21.6. The zero-order valence-corrected chi connectivity index (χ0v) is 18.9. The standard InChI is InChI=1S/C22H22F2N6O2S/c1-14-17(12-25)18(13-26)29-20(30-9-4-7-22(23,24)8-10-30)19(14)21(31)28-15-5-3-6-16(11-15)33(2,27)32/h3,5-6,11,27H,4,7-10H2,1-2H3,(H,28,31)/t33-/m1/s1. The highest BCUT2D eigenvalue weighted by Gasteiger charge is 2.34. The van der Waals surface area contributed by atoms with Crippen molar-refractivity contribution in [2.24, 2.45) is 0 Å². The molecule has 2 N–H and O–H groups in total. The van der Waals surface area contributed by atoms with Crippen LogP contribution >= 0.6 is 0 Å². The lowest BCUT2D eigenvalue weighted by Gasteiger charge is -2.25. The van der Waals surface area contributed by atoms with E-state index in [4.69, 9.17) is 4.78 Å². The van der Waals surface area contributed by atoms with Crippen molar-refractivity contribution >= 4 is 27.1 Å². The second-order valence-electron chi connectivity index (χ2n) is 7.90. The third-order valence-electron chi connectivity index (χ3n) is 5.43. The quantitative estimate of drug-likeness (QED) is 0.690. The van der Waals surface area contributed by atoms with Crippen LogP contribution in [-0.4, -0.2) is 40.4 Å². The van der Waals surface area contributed by atoms with E-state index in [1.807, 2.05) is 12.1 Å². The Hall–Kier alpha value is -3.57. The van der Waals surface area contributed by atoms with Gasteiger partial charge in [-0.25, -0.2) is 22.8 Å². The fourth-order valence-electron chi connectivity index (χ4n) is 3.69. The molecule has 0 spiro atoms. The van der Waals surface area contributed by atoms with Crippen LogP contribution in [0.1, 0.15) is 46.4 Å². The predicted octanol–water partition coefficient (Wildman–Crippen LogP) is 4.05. The van der Waals surface area contributed by atoms with E-state index in [0.717, 1.165) is 0 Å². The van der Waals surface area contributed by atoms with E-state index in [-0.39, 0.29) is 64.7 Å². The zero-order chi connectivity index (χ0) is 24.4. The molecule has 1 aromatic heterocycles. The van der Waals surface area contributed by atoms with Crippen LogP contribution in [0.15, 0.2) is 29.2 Å². The van der Waals surface area contributed by atoms with E-state index in [1.165, 1.54) is 25.3 Å². The lowest BCUT2D eigenvalue weighted by atomic mass is 10.0. The van der Waals surface area contributed by atoms with Gasteiger partial charge in [0.2, 0.25) is 5.92 Å². The summed E-state index contributed by atoms with van der Waals surface area (Å²) in [5.74, 6) is -3.42. The number of aromatic nitrogens is 1. The van der Waals surface area contributed by atoms with Crippen molar-refractivity contribution in [2.45, 2.75) is 37.0 Å². The normalized spacial score (nSPS) is 17.2. The molecule has 172 valence electrons. The number of alkyl halides is 2. The van der Waals surface area contributed by atoms with Gasteiger partial charge in [-0.05, 0) is 37.1 Å². The molecule has 0 bridgehead atoms. The molecule has 1 fully saturated rings. The molecule has 2 heterocycles. The zero-order valence-electron chi connectivity index (χ0n) is 18.1. The Labute approximate surface area is 190 Å². The first kappa shape index (κ1) is 24.1. The van der Waals surface area contributed by atoms with Crippen LogP contribution in [-0.2, 0) is 9.73 Å². The topological polar surface area (TPSA) is 134 Å². The van der Waals surface area contributed by atoms with Crippen molar-refractivity contribution in [3.63, 3.8) is 0 Å². The lowest BCUT2D eigenvalue weighted by Crippen LogP contribution is -2.30. The van der Waals surface area contributed by atoms with Gasteiger partial charge in [0.05, 0.1) is 20.9 Å². The Morgan fingerprint density at radius 3 is 2.64 bits per heavy atom. The number of nitriles is 2. The molecule has 1 aromatic carbocycles. The molecule has 33 heavy (non-hydrogen) atoms. The fraction of sp³-hybridized carbons (Fsp3) is 0.364. The number of halogens is 2. The third kappa shape index (κ3) is 5.26. The van der Waals surface area contributed by atoms with Crippen LogP contribution in [0.2, 0.25) is 0 Å². The summed E-state index contributed by atoms with van der Waals surface area (Å²) in [5.41, 5.74) is 0.241. The second-order valence-corrected chi connectivity index (χ2v) is 10.1. The van der Waals surface area contributed by atoms with Gasteiger partial charge in [0.15, 0.2) is 5.69 Å². The predicted molar refractivity (Wildman–Crippen MR) is 119 cm³/mol. The summed E-state index contributed by atoms with van der Waals surface area (Å²) >= 11 is 0. The molecule has 0 radical (unpaired) electrons. The first-order valence-electron chi connectivity index (χ1n) is 10.1. The minimum Gasteiger partial charge on any atom is -0.356 e. The number of carbonyl (C=O) groups excluding carboxylic acids is 1. The van der Waals surface area contributed by atoms with Crippen LogP contribution in [0.4, 0.5) is 20.3 Å². The highest BCUT2D eigenvalue weighted by molar-refractivity contribution is 7.91. The van der Waals surface area contributed by atoms with Gasteiger partial charge in [-0.2, -0.15) is 10.5 Å². The average molecular weight is 473 g/mol. The number of rotatable bonds is 4. The Kier molecular flexibility index (Phi) is 6.65. The first-order chi connectivity index (χ1) is 15.5. The van der Waals surface area contributed by atoms with Crippen molar-refractivity contribution in [3.05, 3.63) is 46.6 Å². The van der Waals surface area contributed by atoms with Gasteiger partial charge in [0, 0.05) is 42.8 Å². The van der Waals surface area contributed by atoms with Gasteiger partial charge < -0.3 is 10.2 Å². The smallest absolute Gasteiger partial charge is 0.259 e. The Morgan fingerprint density at radius 2 is 2.00 bits per heavy atom. The van der Waals surface area contributed by atoms with Gasteiger partial charge >= 0.3 is 0 Å². The molecule has 0 aliphatic carbocycles. The van der Waals surface area contributed by atoms with Crippen molar-refractivity contribution in [1.82, 2.24) is 4.98 Å². The van der Waals surface area contributed by atoms with Crippen molar-refractivity contribution in [1.29, 1.82) is 15.3 Å². The molecule has 0 unspecified atom stereocenters. The summed E-state index contributed by atoms with van der Waals surface area (Å²) in [6.07, 6.45) is 0.719. The highest BCUT2D eigenvalue weighted by Crippen LogP contribution is 2.33. The van der Waals surface area contributed by atoms with Gasteiger partial charge in [0.1, 0.15) is 18.0 Å². The molecular weight excluding hydrogens is 450 g/mol. The summed E-state index contributed by atoms with van der Waals surface area (Å²) in [6, 6.07) is 9.76. The van der Waals surface area contributed by atoms with E-state index in [1.54, 1.807) is 17.0 Å². The van der Waals surface area contributed by atoms with Gasteiger partial charge in [-0.3, -0.25) is 4.79 Å². The minimum atomic E-state index is -3.02. The molecule has 1 atom stereocenters. The average Bonchev–Trinajstić information content (AvgIpc) is 2.92.